The predicted molar refractivity (Wildman–Crippen MR) is 177 cm³/mol. The second-order valence-electron chi connectivity index (χ2n) is 12.8. The monoisotopic (exact) mass is 643 g/mol. The molecular weight excluding hydrogens is 598 g/mol. The fourth-order valence-corrected chi connectivity index (χ4v) is 7.68. The molecule has 1 spiro atoms. The summed E-state index contributed by atoms with van der Waals surface area (Å²) in [5.41, 5.74) is 2.01. The molecule has 2 N–H and O–H groups in total. The number of esters is 1. The number of carbonyl (C=O) groups excluding carboxylic acids is 4. The molecular formula is C37H45N3O7. The fourth-order valence-electron chi connectivity index (χ4n) is 7.68. The highest BCUT2D eigenvalue weighted by atomic mass is 16.5. The lowest BCUT2D eigenvalue weighted by Crippen LogP contribution is -2.58. The van der Waals surface area contributed by atoms with E-state index in [1.165, 1.54) is 4.90 Å². The van der Waals surface area contributed by atoms with E-state index in [4.69, 9.17) is 9.47 Å². The Morgan fingerprint density at radius 2 is 1.83 bits per heavy atom. The number of rotatable bonds is 14. The van der Waals surface area contributed by atoms with Crippen LogP contribution >= 0.6 is 0 Å². The van der Waals surface area contributed by atoms with Gasteiger partial charge in [0.25, 0.3) is 5.91 Å². The smallest absolute Gasteiger partial charge is 0.306 e. The van der Waals surface area contributed by atoms with E-state index in [0.717, 1.165) is 22.4 Å². The Labute approximate surface area is 276 Å². The minimum absolute atomic E-state index is 0.0885. The number of fused-ring (bicyclic) bond motifs is 1. The first-order valence-corrected chi connectivity index (χ1v) is 16.3. The maximum absolute atomic E-state index is 14.8. The van der Waals surface area contributed by atoms with E-state index in [1.54, 1.807) is 24.0 Å². The SMILES string of the molecule is C=CCCC(=O)OC[C@@H](NC(=O)[C@@H]1[C@@H]2CC[C@]3(O2)[C@H](C(=O)N(CC=C)c2c(C)cccc2C)N([C@H](C)CO)C(=O)[C@@H]13)c1ccccc1. The summed E-state index contributed by atoms with van der Waals surface area (Å²) in [5, 5.41) is 13.3. The third-order valence-corrected chi connectivity index (χ3v) is 9.78. The average molecular weight is 644 g/mol. The normalized spacial score (nSPS) is 25.5. The van der Waals surface area contributed by atoms with Gasteiger partial charge in [-0.2, -0.15) is 0 Å². The third-order valence-electron chi connectivity index (χ3n) is 9.78. The van der Waals surface area contributed by atoms with E-state index in [0.29, 0.717) is 19.3 Å². The number of nitrogens with zero attached hydrogens (tertiary/aromatic N) is 2. The van der Waals surface area contributed by atoms with Crippen molar-refractivity contribution >= 4 is 29.4 Å². The summed E-state index contributed by atoms with van der Waals surface area (Å²) in [6, 6.07) is 12.6. The molecule has 2 aromatic carbocycles. The first-order chi connectivity index (χ1) is 22.6. The molecule has 0 aromatic heterocycles. The molecule has 3 fully saturated rings. The van der Waals surface area contributed by atoms with Gasteiger partial charge in [0.1, 0.15) is 18.2 Å². The van der Waals surface area contributed by atoms with Crippen molar-refractivity contribution in [1.82, 2.24) is 10.2 Å². The number of aryl methyl sites for hydroxylation is 2. The zero-order valence-electron chi connectivity index (χ0n) is 27.4. The van der Waals surface area contributed by atoms with Crippen molar-refractivity contribution in [2.45, 2.75) is 76.3 Å². The van der Waals surface area contributed by atoms with Gasteiger partial charge in [-0.15, -0.1) is 13.2 Å². The Hall–Kier alpha value is -4.28. The van der Waals surface area contributed by atoms with Crippen LogP contribution in [0.15, 0.2) is 73.8 Å². The Bertz CT molecular complexity index is 1510. The molecule has 250 valence electrons. The minimum Gasteiger partial charge on any atom is -0.463 e. The molecule has 3 aliphatic rings. The average Bonchev–Trinajstić information content (AvgIpc) is 3.72. The Balaban J connectivity index is 1.48. The van der Waals surface area contributed by atoms with Crippen molar-refractivity contribution in [2.24, 2.45) is 11.8 Å². The van der Waals surface area contributed by atoms with Crippen LogP contribution in [0.2, 0.25) is 0 Å². The minimum atomic E-state index is -1.25. The zero-order valence-corrected chi connectivity index (χ0v) is 27.4. The van der Waals surface area contributed by atoms with Gasteiger partial charge in [-0.25, -0.2) is 0 Å². The van der Waals surface area contributed by atoms with E-state index < -0.39 is 53.5 Å². The molecule has 10 heteroatoms. The highest BCUT2D eigenvalue weighted by Gasteiger charge is 2.75. The number of aliphatic hydroxyl groups is 1. The van der Waals surface area contributed by atoms with Gasteiger partial charge in [0.15, 0.2) is 0 Å². The lowest BCUT2D eigenvalue weighted by atomic mass is 9.70. The van der Waals surface area contributed by atoms with Crippen LogP contribution in [0.25, 0.3) is 0 Å². The lowest BCUT2D eigenvalue weighted by Gasteiger charge is -2.39. The first kappa shape index (κ1) is 34.1. The molecule has 0 saturated carbocycles. The second-order valence-corrected chi connectivity index (χ2v) is 12.8. The summed E-state index contributed by atoms with van der Waals surface area (Å²) < 4.78 is 12.1. The van der Waals surface area contributed by atoms with Crippen LogP contribution in [0, 0.1) is 25.7 Å². The molecule has 3 aliphatic heterocycles. The highest BCUT2D eigenvalue weighted by Crippen LogP contribution is 2.59. The van der Waals surface area contributed by atoms with E-state index in [9.17, 15) is 24.3 Å². The maximum atomic E-state index is 14.8. The van der Waals surface area contributed by atoms with Crippen LogP contribution in [-0.2, 0) is 28.7 Å². The van der Waals surface area contributed by atoms with Crippen molar-refractivity contribution in [3.63, 3.8) is 0 Å². The van der Waals surface area contributed by atoms with Crippen LogP contribution in [0.1, 0.15) is 55.3 Å². The summed E-state index contributed by atoms with van der Waals surface area (Å²) in [4.78, 5) is 58.8. The maximum Gasteiger partial charge on any atom is 0.306 e. The van der Waals surface area contributed by atoms with E-state index in [2.05, 4.69) is 18.5 Å². The highest BCUT2D eigenvalue weighted by molar-refractivity contribution is 6.05. The van der Waals surface area contributed by atoms with Crippen molar-refractivity contribution < 1.29 is 33.8 Å². The van der Waals surface area contributed by atoms with Crippen molar-refractivity contribution in [3.8, 4) is 0 Å². The number of aliphatic hydroxyl groups excluding tert-OH is 1. The van der Waals surface area contributed by atoms with Gasteiger partial charge >= 0.3 is 5.97 Å². The number of ether oxygens (including phenoxy) is 2. The van der Waals surface area contributed by atoms with Crippen LogP contribution in [0.5, 0.6) is 0 Å². The van der Waals surface area contributed by atoms with Gasteiger partial charge in [-0.1, -0.05) is 60.7 Å². The summed E-state index contributed by atoms with van der Waals surface area (Å²) in [7, 11) is 0. The molecule has 2 bridgehead atoms. The first-order valence-electron chi connectivity index (χ1n) is 16.3. The largest absolute Gasteiger partial charge is 0.463 e. The number of amides is 3. The number of nitrogens with one attached hydrogen (secondary N) is 1. The van der Waals surface area contributed by atoms with Crippen LogP contribution in [0.4, 0.5) is 5.69 Å². The van der Waals surface area contributed by atoms with Gasteiger partial charge < -0.3 is 29.7 Å². The van der Waals surface area contributed by atoms with Gasteiger partial charge in [0, 0.05) is 18.7 Å². The molecule has 0 aliphatic carbocycles. The lowest BCUT2D eigenvalue weighted by molar-refractivity contribution is -0.146. The summed E-state index contributed by atoms with van der Waals surface area (Å²) >= 11 is 0. The molecule has 2 aromatic rings. The Morgan fingerprint density at radius 3 is 2.47 bits per heavy atom. The summed E-state index contributed by atoms with van der Waals surface area (Å²) in [6.07, 6.45) is 4.27. The zero-order chi connectivity index (χ0) is 33.9. The predicted octanol–water partition coefficient (Wildman–Crippen LogP) is 3.94. The number of likely N-dealkylation sites (tertiary alicyclic amines) is 1. The van der Waals surface area contributed by atoms with Crippen molar-refractivity contribution in [3.05, 3.63) is 90.5 Å². The number of carbonyl (C=O) groups is 4. The number of hydrogen-bond donors (Lipinski definition) is 2. The quantitative estimate of drug-likeness (QED) is 0.236. The number of allylic oxidation sites excluding steroid dienone is 1. The molecule has 3 amide bonds. The standard InChI is InChI=1S/C37H45N3O7/c1-6-8-17-29(42)46-22-27(26-15-10-9-11-16-26)38-34(43)30-28-18-19-37(47-28)31(30)35(44)40(25(5)21-41)33(37)36(45)39(20-7-2)32-23(3)13-12-14-24(32)4/h6-7,9-16,25,27-28,30-31,33,41H,1-2,8,17-22H2,3-5H3,(H,38,43)/t25-,27-,28+,30-,31-,33+,37-/m1/s1. The Kier molecular flexibility index (Phi) is 10.3. The molecule has 3 saturated heterocycles. The van der Waals surface area contributed by atoms with Gasteiger partial charge in [-0.3, -0.25) is 19.2 Å². The number of hydrogen-bond acceptors (Lipinski definition) is 7. The van der Waals surface area contributed by atoms with Crippen molar-refractivity contribution in [2.75, 3.05) is 24.7 Å². The second kappa shape index (κ2) is 14.2. The molecule has 10 nitrogen and oxygen atoms in total. The number of para-hydroxylation sites is 1. The van der Waals surface area contributed by atoms with Crippen LogP contribution < -0.4 is 10.2 Å². The van der Waals surface area contributed by atoms with Gasteiger partial charge in [0.05, 0.1) is 36.6 Å². The van der Waals surface area contributed by atoms with E-state index in [-0.39, 0.29) is 38.0 Å². The molecule has 0 radical (unpaired) electrons. The molecule has 3 heterocycles. The molecule has 0 unspecified atom stereocenters. The fraction of sp³-hybridized carbons (Fsp3) is 0.459. The summed E-state index contributed by atoms with van der Waals surface area (Å²) in [5.74, 6) is -3.35. The number of benzene rings is 2. The van der Waals surface area contributed by atoms with Crippen LogP contribution in [-0.4, -0.2) is 77.2 Å². The topological polar surface area (TPSA) is 125 Å². The molecule has 5 rings (SSSR count). The van der Waals surface area contributed by atoms with Gasteiger partial charge in [0.2, 0.25) is 11.8 Å². The Morgan fingerprint density at radius 1 is 1.13 bits per heavy atom. The number of anilines is 1. The van der Waals surface area contributed by atoms with Gasteiger partial charge in [-0.05, 0) is 56.7 Å². The summed E-state index contributed by atoms with van der Waals surface area (Å²) in [6.45, 7) is 12.8. The molecule has 7 atom stereocenters. The van der Waals surface area contributed by atoms with Crippen molar-refractivity contribution in [1.29, 1.82) is 0 Å². The van der Waals surface area contributed by atoms with E-state index >= 15 is 0 Å². The molecule has 47 heavy (non-hydrogen) atoms. The van der Waals surface area contributed by atoms with E-state index in [1.807, 2.05) is 62.4 Å². The van der Waals surface area contributed by atoms with Crippen LogP contribution in [0.3, 0.4) is 0 Å². The third kappa shape index (κ3) is 6.24.